The summed E-state index contributed by atoms with van der Waals surface area (Å²) in [6.07, 6.45) is 3.50. The lowest BCUT2D eigenvalue weighted by Crippen LogP contribution is -2.48. The Hall–Kier alpha value is -2.96. The van der Waals surface area contributed by atoms with E-state index < -0.39 is 0 Å². The average molecular weight is 409 g/mol. The molecular formula is C24H32N4O2. The first kappa shape index (κ1) is 23.3. The Kier molecular flexibility index (Phi) is 9.77. The fraction of sp³-hybridized carbons (Fsp3) is 0.333. The van der Waals surface area contributed by atoms with Gasteiger partial charge in [-0.05, 0) is 23.6 Å². The fourth-order valence-electron chi connectivity index (χ4n) is 3.28. The summed E-state index contributed by atoms with van der Waals surface area (Å²) in [7, 11) is 1.69. The molecule has 1 amide bonds. The number of nitrogens with one attached hydrogen (secondary N) is 2. The zero-order valence-electron chi connectivity index (χ0n) is 17.7. The van der Waals surface area contributed by atoms with Crippen LogP contribution < -0.4 is 5.32 Å². The lowest BCUT2D eigenvalue weighted by molar-refractivity contribution is -0.122. The van der Waals surface area contributed by atoms with Gasteiger partial charge in [-0.3, -0.25) is 14.6 Å². The summed E-state index contributed by atoms with van der Waals surface area (Å²) in [4.78, 5) is 15.9. The van der Waals surface area contributed by atoms with E-state index in [1.165, 1.54) is 5.56 Å². The van der Waals surface area contributed by atoms with Crippen LogP contribution in [0.4, 0.5) is 0 Å². The standard InChI is InChI=1S/C14H21N3O.C10H11NO/c1-15-14(18)12-17-9-7-16(8-10-17)11-13-5-3-2-4-6-13;1-2-4-8-5-3-6-9(7-11)10(8)12/h2-6H,7-12H2,1H3,(H,15,18);2-3,5-7,11-12H,1,4H2. The van der Waals surface area contributed by atoms with Gasteiger partial charge in [0.25, 0.3) is 0 Å². The summed E-state index contributed by atoms with van der Waals surface area (Å²) in [6, 6.07) is 15.9. The first-order chi connectivity index (χ1) is 14.6. The van der Waals surface area contributed by atoms with Gasteiger partial charge in [0.1, 0.15) is 5.75 Å². The molecule has 0 spiro atoms. The molecule has 3 N–H and O–H groups in total. The largest absolute Gasteiger partial charge is 0.507 e. The summed E-state index contributed by atoms with van der Waals surface area (Å²) in [5.74, 6) is 0.291. The number of piperazine rings is 1. The summed E-state index contributed by atoms with van der Waals surface area (Å²) in [5.41, 5.74) is 2.72. The maximum atomic E-state index is 11.3. The van der Waals surface area contributed by atoms with E-state index in [-0.39, 0.29) is 11.7 Å². The number of carbonyl (C=O) groups is 1. The smallest absolute Gasteiger partial charge is 0.233 e. The van der Waals surface area contributed by atoms with Crippen LogP contribution >= 0.6 is 0 Å². The molecule has 0 radical (unpaired) electrons. The molecule has 1 fully saturated rings. The van der Waals surface area contributed by atoms with Crippen LogP contribution in [-0.4, -0.2) is 66.8 Å². The van der Waals surface area contributed by atoms with Crippen LogP contribution in [0.2, 0.25) is 0 Å². The van der Waals surface area contributed by atoms with E-state index >= 15 is 0 Å². The van der Waals surface area contributed by atoms with Gasteiger partial charge in [-0.25, -0.2) is 0 Å². The number of rotatable bonds is 7. The van der Waals surface area contributed by atoms with Gasteiger partial charge in [0.2, 0.25) is 5.91 Å². The maximum Gasteiger partial charge on any atom is 0.233 e. The van der Waals surface area contributed by atoms with Crippen LogP contribution in [0, 0.1) is 5.41 Å². The second-order valence-corrected chi connectivity index (χ2v) is 7.20. The molecule has 0 aliphatic carbocycles. The number of phenols is 1. The fourth-order valence-corrected chi connectivity index (χ4v) is 3.28. The SMILES string of the molecule is C=CCc1cccc(C=N)c1O.CNC(=O)CN1CCN(Cc2ccccc2)CC1. The Labute approximate surface area is 179 Å². The van der Waals surface area contributed by atoms with Gasteiger partial charge in [-0.2, -0.15) is 0 Å². The van der Waals surface area contributed by atoms with Crippen molar-refractivity contribution in [3.8, 4) is 5.75 Å². The summed E-state index contributed by atoms with van der Waals surface area (Å²) < 4.78 is 0. The first-order valence-corrected chi connectivity index (χ1v) is 10.2. The Morgan fingerprint density at radius 1 is 1.10 bits per heavy atom. The normalized spacial score (nSPS) is 14.3. The van der Waals surface area contributed by atoms with E-state index in [1.54, 1.807) is 19.2 Å². The number of carbonyl (C=O) groups excluding carboxylic acids is 1. The lowest BCUT2D eigenvalue weighted by Gasteiger charge is -2.34. The minimum atomic E-state index is 0.103. The Morgan fingerprint density at radius 2 is 1.77 bits per heavy atom. The molecule has 0 bridgehead atoms. The second-order valence-electron chi connectivity index (χ2n) is 7.20. The van der Waals surface area contributed by atoms with Crippen LogP contribution in [0.1, 0.15) is 16.7 Å². The average Bonchev–Trinajstić information content (AvgIpc) is 2.78. The predicted molar refractivity (Wildman–Crippen MR) is 122 cm³/mol. The monoisotopic (exact) mass is 408 g/mol. The third-order valence-electron chi connectivity index (χ3n) is 5.03. The number of allylic oxidation sites excluding steroid dienone is 1. The molecule has 3 rings (SSSR count). The number of para-hydroxylation sites is 1. The molecule has 6 nitrogen and oxygen atoms in total. The Morgan fingerprint density at radius 3 is 2.37 bits per heavy atom. The van der Waals surface area contributed by atoms with Crippen molar-refractivity contribution in [2.45, 2.75) is 13.0 Å². The van der Waals surface area contributed by atoms with Gasteiger partial charge in [-0.15, -0.1) is 6.58 Å². The highest BCUT2D eigenvalue weighted by Crippen LogP contribution is 2.21. The summed E-state index contributed by atoms with van der Waals surface area (Å²) >= 11 is 0. The molecule has 2 aromatic carbocycles. The number of hydrogen-bond donors (Lipinski definition) is 3. The minimum Gasteiger partial charge on any atom is -0.507 e. The van der Waals surface area contributed by atoms with Crippen molar-refractivity contribution in [3.63, 3.8) is 0 Å². The van der Waals surface area contributed by atoms with Crippen LogP contribution in [0.25, 0.3) is 0 Å². The molecule has 2 aromatic rings. The van der Waals surface area contributed by atoms with Crippen molar-refractivity contribution in [3.05, 3.63) is 77.9 Å². The molecule has 0 unspecified atom stereocenters. The first-order valence-electron chi connectivity index (χ1n) is 10.2. The number of benzene rings is 2. The molecule has 0 saturated carbocycles. The van der Waals surface area contributed by atoms with Gasteiger partial charge in [-0.1, -0.05) is 48.5 Å². The van der Waals surface area contributed by atoms with Crippen LogP contribution in [0.5, 0.6) is 5.75 Å². The van der Waals surface area contributed by atoms with Crippen molar-refractivity contribution in [2.24, 2.45) is 0 Å². The van der Waals surface area contributed by atoms with Gasteiger partial charge in [0, 0.05) is 51.5 Å². The van der Waals surface area contributed by atoms with Gasteiger partial charge < -0.3 is 15.8 Å². The molecule has 1 saturated heterocycles. The summed E-state index contributed by atoms with van der Waals surface area (Å²) in [6.45, 7) is 9.13. The van der Waals surface area contributed by atoms with E-state index in [4.69, 9.17) is 5.41 Å². The third-order valence-corrected chi connectivity index (χ3v) is 5.03. The molecule has 1 aliphatic heterocycles. The topological polar surface area (TPSA) is 79.7 Å². The Bertz CT molecular complexity index is 815. The predicted octanol–water partition coefficient (Wildman–Crippen LogP) is 2.67. The zero-order valence-corrected chi connectivity index (χ0v) is 17.7. The van der Waals surface area contributed by atoms with Crippen LogP contribution in [0.3, 0.4) is 0 Å². The summed E-state index contributed by atoms with van der Waals surface area (Å²) in [5, 5.41) is 19.2. The van der Waals surface area contributed by atoms with E-state index in [1.807, 2.05) is 18.2 Å². The highest BCUT2D eigenvalue weighted by atomic mass is 16.3. The van der Waals surface area contributed by atoms with Crippen LogP contribution in [-0.2, 0) is 17.8 Å². The minimum absolute atomic E-state index is 0.103. The number of likely N-dealkylation sites (N-methyl/N-ethyl adjacent to an activating group) is 1. The second kappa shape index (κ2) is 12.6. The van der Waals surface area contributed by atoms with Crippen molar-refractivity contribution >= 4 is 12.1 Å². The van der Waals surface area contributed by atoms with E-state index in [9.17, 15) is 9.90 Å². The highest BCUT2D eigenvalue weighted by molar-refractivity contribution is 5.81. The molecule has 6 heteroatoms. The van der Waals surface area contributed by atoms with Crippen molar-refractivity contribution < 1.29 is 9.90 Å². The third kappa shape index (κ3) is 7.46. The van der Waals surface area contributed by atoms with Gasteiger partial charge in [0.15, 0.2) is 0 Å². The number of amides is 1. The van der Waals surface area contributed by atoms with Gasteiger partial charge >= 0.3 is 0 Å². The highest BCUT2D eigenvalue weighted by Gasteiger charge is 2.18. The number of aromatic hydroxyl groups is 1. The van der Waals surface area contributed by atoms with E-state index in [0.717, 1.165) is 44.5 Å². The molecule has 1 aliphatic rings. The molecule has 1 heterocycles. The van der Waals surface area contributed by atoms with Crippen LogP contribution in [0.15, 0.2) is 61.2 Å². The zero-order chi connectivity index (χ0) is 21.8. The van der Waals surface area contributed by atoms with E-state index in [0.29, 0.717) is 18.5 Å². The number of nitrogens with zero attached hydrogens (tertiary/aromatic N) is 2. The maximum absolute atomic E-state index is 11.3. The Balaban J connectivity index is 0.000000232. The number of hydrogen-bond acceptors (Lipinski definition) is 5. The molecule has 160 valence electrons. The molecule has 0 aromatic heterocycles. The molecule has 0 atom stereocenters. The quantitative estimate of drug-likeness (QED) is 0.486. The van der Waals surface area contributed by atoms with Crippen molar-refractivity contribution in [2.75, 3.05) is 39.8 Å². The molecule has 30 heavy (non-hydrogen) atoms. The van der Waals surface area contributed by atoms with Gasteiger partial charge in [0.05, 0.1) is 6.54 Å². The van der Waals surface area contributed by atoms with Crippen molar-refractivity contribution in [1.82, 2.24) is 15.1 Å². The number of phenolic OH excluding ortho intramolecular Hbond substituents is 1. The lowest BCUT2D eigenvalue weighted by atomic mass is 10.1. The van der Waals surface area contributed by atoms with E-state index in [2.05, 4.69) is 46.0 Å². The molecular weight excluding hydrogens is 376 g/mol. The van der Waals surface area contributed by atoms with Crippen molar-refractivity contribution in [1.29, 1.82) is 5.41 Å².